The van der Waals surface area contributed by atoms with Crippen molar-refractivity contribution in [3.8, 4) is 11.4 Å². The lowest BCUT2D eigenvalue weighted by molar-refractivity contribution is -0.134. The molecule has 2 aromatic heterocycles. The molecule has 1 amide bonds. The van der Waals surface area contributed by atoms with Crippen molar-refractivity contribution in [2.75, 3.05) is 31.1 Å². The summed E-state index contributed by atoms with van der Waals surface area (Å²) in [6.45, 7) is 6.93. The van der Waals surface area contributed by atoms with Crippen molar-refractivity contribution >= 4 is 11.7 Å². The highest BCUT2D eigenvalue weighted by molar-refractivity contribution is 5.78. The van der Waals surface area contributed by atoms with Gasteiger partial charge in [0, 0.05) is 38.3 Å². The second-order valence-corrected chi connectivity index (χ2v) is 5.96. The first-order valence-electron chi connectivity index (χ1n) is 7.94. The molecule has 0 aliphatic carbocycles. The minimum atomic E-state index is 0.0546. The summed E-state index contributed by atoms with van der Waals surface area (Å²) in [7, 11) is 0. The molecule has 23 heavy (non-hydrogen) atoms. The third-order valence-corrected chi connectivity index (χ3v) is 3.99. The second-order valence-electron chi connectivity index (χ2n) is 5.96. The lowest BCUT2D eigenvalue weighted by Crippen LogP contribution is -2.50. The van der Waals surface area contributed by atoms with Crippen LogP contribution in [0.15, 0.2) is 36.5 Å². The Bertz CT molecular complexity index is 648. The monoisotopic (exact) mass is 311 g/mol. The van der Waals surface area contributed by atoms with Gasteiger partial charge < -0.3 is 9.80 Å². The molecule has 0 bridgehead atoms. The van der Waals surface area contributed by atoms with Gasteiger partial charge in [-0.15, -0.1) is 10.2 Å². The molecule has 1 fully saturated rings. The van der Waals surface area contributed by atoms with E-state index in [4.69, 9.17) is 0 Å². The van der Waals surface area contributed by atoms with Gasteiger partial charge in [0.05, 0.1) is 5.69 Å². The van der Waals surface area contributed by atoms with Crippen LogP contribution in [0.2, 0.25) is 0 Å². The van der Waals surface area contributed by atoms with Gasteiger partial charge in [0.2, 0.25) is 5.91 Å². The van der Waals surface area contributed by atoms with Gasteiger partial charge in [0.25, 0.3) is 0 Å². The molecule has 1 saturated heterocycles. The molecule has 3 rings (SSSR count). The Morgan fingerprint density at radius 2 is 1.78 bits per heavy atom. The number of pyridine rings is 1. The van der Waals surface area contributed by atoms with Crippen LogP contribution in [0.25, 0.3) is 11.4 Å². The Labute approximate surface area is 136 Å². The lowest BCUT2D eigenvalue weighted by atomic mass is 10.1. The first-order valence-corrected chi connectivity index (χ1v) is 7.94. The Morgan fingerprint density at radius 3 is 2.35 bits per heavy atom. The lowest BCUT2D eigenvalue weighted by Gasteiger charge is -2.36. The minimum absolute atomic E-state index is 0.0546. The molecule has 0 spiro atoms. The number of carbonyl (C=O) groups excluding carboxylic acids is 1. The summed E-state index contributed by atoms with van der Waals surface area (Å²) in [5.74, 6) is 1.13. The predicted molar refractivity (Wildman–Crippen MR) is 88.9 cm³/mol. The molecule has 0 N–H and O–H groups in total. The molecular formula is C17H21N5O. The van der Waals surface area contributed by atoms with Crippen LogP contribution in [0.5, 0.6) is 0 Å². The number of carbonyl (C=O) groups is 1. The molecule has 0 saturated carbocycles. The van der Waals surface area contributed by atoms with Gasteiger partial charge >= 0.3 is 0 Å². The molecule has 3 heterocycles. The molecular weight excluding hydrogens is 290 g/mol. The average molecular weight is 311 g/mol. The van der Waals surface area contributed by atoms with Crippen LogP contribution < -0.4 is 4.90 Å². The highest BCUT2D eigenvalue weighted by atomic mass is 16.2. The first-order chi connectivity index (χ1) is 11.1. The van der Waals surface area contributed by atoms with Crippen molar-refractivity contribution in [2.45, 2.75) is 13.8 Å². The molecule has 1 aliphatic heterocycles. The number of aromatic nitrogens is 3. The number of anilines is 1. The molecule has 6 heteroatoms. The standard InChI is InChI=1S/C17H21N5O/c1-13(2)17(23)22-11-9-21(10-12-22)16-7-6-15(19-20-16)14-5-3-4-8-18-14/h3-8,13H,9-12H2,1-2H3. The van der Waals surface area contributed by atoms with Gasteiger partial charge in [0.1, 0.15) is 5.69 Å². The number of hydrogen-bond donors (Lipinski definition) is 0. The number of amides is 1. The van der Waals surface area contributed by atoms with E-state index in [-0.39, 0.29) is 11.8 Å². The van der Waals surface area contributed by atoms with E-state index in [9.17, 15) is 4.79 Å². The van der Waals surface area contributed by atoms with E-state index in [1.54, 1.807) is 6.20 Å². The van der Waals surface area contributed by atoms with Crippen LogP contribution >= 0.6 is 0 Å². The van der Waals surface area contributed by atoms with Crippen molar-refractivity contribution < 1.29 is 4.79 Å². The minimum Gasteiger partial charge on any atom is -0.352 e. The van der Waals surface area contributed by atoms with E-state index >= 15 is 0 Å². The normalized spacial score (nSPS) is 15.1. The zero-order valence-corrected chi connectivity index (χ0v) is 13.5. The fraction of sp³-hybridized carbons (Fsp3) is 0.412. The van der Waals surface area contributed by atoms with Crippen LogP contribution in [-0.4, -0.2) is 52.2 Å². The van der Waals surface area contributed by atoms with Crippen molar-refractivity contribution in [1.82, 2.24) is 20.1 Å². The summed E-state index contributed by atoms with van der Waals surface area (Å²) >= 11 is 0. The third kappa shape index (κ3) is 3.47. The number of rotatable bonds is 3. The van der Waals surface area contributed by atoms with E-state index < -0.39 is 0 Å². The highest BCUT2D eigenvalue weighted by Gasteiger charge is 2.23. The van der Waals surface area contributed by atoms with Crippen LogP contribution in [0.4, 0.5) is 5.82 Å². The van der Waals surface area contributed by atoms with Gasteiger partial charge in [-0.2, -0.15) is 0 Å². The van der Waals surface area contributed by atoms with E-state index in [2.05, 4.69) is 20.1 Å². The van der Waals surface area contributed by atoms with Gasteiger partial charge in [-0.05, 0) is 24.3 Å². The van der Waals surface area contributed by atoms with Crippen molar-refractivity contribution in [3.05, 3.63) is 36.5 Å². The van der Waals surface area contributed by atoms with Gasteiger partial charge in [-0.3, -0.25) is 9.78 Å². The summed E-state index contributed by atoms with van der Waals surface area (Å²) in [6, 6.07) is 9.64. The maximum atomic E-state index is 12.0. The van der Waals surface area contributed by atoms with Crippen LogP contribution in [0.1, 0.15) is 13.8 Å². The largest absolute Gasteiger partial charge is 0.352 e. The summed E-state index contributed by atoms with van der Waals surface area (Å²) in [6.07, 6.45) is 1.75. The Balaban J connectivity index is 1.64. The van der Waals surface area contributed by atoms with E-state index in [1.165, 1.54) is 0 Å². The highest BCUT2D eigenvalue weighted by Crippen LogP contribution is 2.18. The fourth-order valence-electron chi connectivity index (χ4n) is 2.67. The number of nitrogens with zero attached hydrogens (tertiary/aromatic N) is 5. The van der Waals surface area contributed by atoms with E-state index in [0.717, 1.165) is 43.4 Å². The van der Waals surface area contributed by atoms with Gasteiger partial charge in [0.15, 0.2) is 5.82 Å². The molecule has 0 unspecified atom stereocenters. The Hall–Kier alpha value is -2.50. The maximum Gasteiger partial charge on any atom is 0.225 e. The van der Waals surface area contributed by atoms with Crippen molar-refractivity contribution in [1.29, 1.82) is 0 Å². The van der Waals surface area contributed by atoms with Gasteiger partial charge in [-0.25, -0.2) is 0 Å². The Kier molecular flexibility index (Phi) is 4.50. The van der Waals surface area contributed by atoms with Gasteiger partial charge in [-0.1, -0.05) is 19.9 Å². The maximum absolute atomic E-state index is 12.0. The third-order valence-electron chi connectivity index (χ3n) is 3.99. The zero-order chi connectivity index (χ0) is 16.2. The molecule has 120 valence electrons. The number of piperazine rings is 1. The molecule has 0 aromatic carbocycles. The first kappa shape index (κ1) is 15.4. The second kappa shape index (κ2) is 6.73. The molecule has 2 aromatic rings. The summed E-state index contributed by atoms with van der Waals surface area (Å²) in [5, 5.41) is 8.59. The SMILES string of the molecule is CC(C)C(=O)N1CCN(c2ccc(-c3ccccn3)nn2)CC1. The summed E-state index contributed by atoms with van der Waals surface area (Å²) < 4.78 is 0. The van der Waals surface area contributed by atoms with E-state index in [0.29, 0.717) is 0 Å². The summed E-state index contributed by atoms with van der Waals surface area (Å²) in [4.78, 5) is 20.4. The summed E-state index contributed by atoms with van der Waals surface area (Å²) in [5.41, 5.74) is 1.59. The average Bonchev–Trinajstić information content (AvgIpc) is 2.62. The smallest absolute Gasteiger partial charge is 0.225 e. The Morgan fingerprint density at radius 1 is 1.00 bits per heavy atom. The fourth-order valence-corrected chi connectivity index (χ4v) is 2.67. The quantitative estimate of drug-likeness (QED) is 0.865. The van der Waals surface area contributed by atoms with Crippen LogP contribution in [0.3, 0.4) is 0 Å². The number of hydrogen-bond acceptors (Lipinski definition) is 5. The molecule has 0 radical (unpaired) electrons. The van der Waals surface area contributed by atoms with Crippen LogP contribution in [0, 0.1) is 5.92 Å². The predicted octanol–water partition coefficient (Wildman–Crippen LogP) is 1.84. The molecule has 0 atom stereocenters. The zero-order valence-electron chi connectivity index (χ0n) is 13.5. The molecule has 1 aliphatic rings. The van der Waals surface area contributed by atoms with E-state index in [1.807, 2.05) is 49.1 Å². The van der Waals surface area contributed by atoms with Crippen LogP contribution in [-0.2, 0) is 4.79 Å². The van der Waals surface area contributed by atoms with Crippen molar-refractivity contribution in [2.24, 2.45) is 5.92 Å². The van der Waals surface area contributed by atoms with Crippen molar-refractivity contribution in [3.63, 3.8) is 0 Å². The molecule has 6 nitrogen and oxygen atoms in total. The topological polar surface area (TPSA) is 62.2 Å².